The molecule has 5 nitrogen and oxygen atoms in total. The molecular weight excluding hydrogens is 264 g/mol. The number of ether oxygens (including phenoxy) is 1. The van der Waals surface area contributed by atoms with Crippen molar-refractivity contribution in [2.45, 2.75) is 20.4 Å². The van der Waals surface area contributed by atoms with Crippen LogP contribution < -0.4 is 15.0 Å². The maximum atomic E-state index is 5.40. The largest absolute Gasteiger partial charge is 0.496 e. The molecule has 1 aromatic carbocycles. The quantitative estimate of drug-likeness (QED) is 0.885. The highest BCUT2D eigenvalue weighted by atomic mass is 16.5. The molecule has 21 heavy (non-hydrogen) atoms. The maximum absolute atomic E-state index is 5.40. The predicted molar refractivity (Wildman–Crippen MR) is 86.0 cm³/mol. The van der Waals surface area contributed by atoms with Crippen molar-refractivity contribution in [1.82, 2.24) is 9.97 Å². The first-order valence-corrected chi connectivity index (χ1v) is 7.06. The molecule has 1 heterocycles. The van der Waals surface area contributed by atoms with Crippen molar-refractivity contribution in [1.29, 1.82) is 0 Å². The van der Waals surface area contributed by atoms with E-state index in [1.807, 2.05) is 38.2 Å². The van der Waals surface area contributed by atoms with Crippen molar-refractivity contribution in [2.75, 3.05) is 30.9 Å². The first kappa shape index (κ1) is 15.1. The molecule has 0 aliphatic carbocycles. The third-order valence-electron chi connectivity index (χ3n) is 3.17. The minimum Gasteiger partial charge on any atom is -0.496 e. The van der Waals surface area contributed by atoms with E-state index in [1.54, 1.807) is 7.11 Å². The fourth-order valence-corrected chi connectivity index (χ4v) is 2.19. The average molecular weight is 286 g/mol. The van der Waals surface area contributed by atoms with Gasteiger partial charge < -0.3 is 15.0 Å². The van der Waals surface area contributed by atoms with E-state index >= 15 is 0 Å². The normalized spacial score (nSPS) is 10.3. The van der Waals surface area contributed by atoms with Gasteiger partial charge in [0.25, 0.3) is 0 Å². The standard InChI is InChI=1S/C16H22N4O/c1-5-17-15-10-16(19-12(2)18-15)20(3)11-13-8-6-7-9-14(13)21-4/h6-10H,5,11H2,1-4H3,(H,17,18,19). The number of para-hydroxylation sites is 1. The Morgan fingerprint density at radius 1 is 1.24 bits per heavy atom. The van der Waals surface area contributed by atoms with E-state index in [0.29, 0.717) is 0 Å². The molecule has 2 aromatic rings. The Morgan fingerprint density at radius 2 is 2.00 bits per heavy atom. The summed E-state index contributed by atoms with van der Waals surface area (Å²) in [6.45, 7) is 5.52. The Kier molecular flexibility index (Phi) is 4.98. The predicted octanol–water partition coefficient (Wildman–Crippen LogP) is 2.86. The Morgan fingerprint density at radius 3 is 2.71 bits per heavy atom. The zero-order valence-electron chi connectivity index (χ0n) is 13.1. The molecule has 0 saturated carbocycles. The second-order valence-corrected chi connectivity index (χ2v) is 4.86. The lowest BCUT2D eigenvalue weighted by Gasteiger charge is -2.20. The summed E-state index contributed by atoms with van der Waals surface area (Å²) >= 11 is 0. The van der Waals surface area contributed by atoms with Gasteiger partial charge in [0.05, 0.1) is 7.11 Å². The zero-order chi connectivity index (χ0) is 15.2. The summed E-state index contributed by atoms with van der Waals surface area (Å²) in [5.41, 5.74) is 1.13. The molecule has 0 aliphatic rings. The molecule has 0 bridgehead atoms. The second-order valence-electron chi connectivity index (χ2n) is 4.86. The third kappa shape index (κ3) is 3.84. The van der Waals surface area contributed by atoms with Crippen LogP contribution in [0.5, 0.6) is 5.75 Å². The fraction of sp³-hybridized carbons (Fsp3) is 0.375. The van der Waals surface area contributed by atoms with Gasteiger partial charge in [0.15, 0.2) is 0 Å². The molecule has 0 fully saturated rings. The van der Waals surface area contributed by atoms with Crippen LogP contribution in [0.3, 0.4) is 0 Å². The van der Waals surface area contributed by atoms with Gasteiger partial charge in [-0.2, -0.15) is 0 Å². The Bertz CT molecular complexity index is 601. The van der Waals surface area contributed by atoms with Crippen molar-refractivity contribution in [3.8, 4) is 5.75 Å². The van der Waals surface area contributed by atoms with Gasteiger partial charge in [0, 0.05) is 31.8 Å². The number of nitrogens with one attached hydrogen (secondary N) is 1. The molecule has 112 valence electrons. The maximum Gasteiger partial charge on any atom is 0.134 e. The molecule has 0 saturated heterocycles. The first-order valence-electron chi connectivity index (χ1n) is 7.06. The summed E-state index contributed by atoms with van der Waals surface area (Å²) in [5, 5.41) is 3.23. The van der Waals surface area contributed by atoms with Crippen LogP contribution in [0.15, 0.2) is 30.3 Å². The molecular formula is C16H22N4O. The summed E-state index contributed by atoms with van der Waals surface area (Å²) in [7, 11) is 3.71. The van der Waals surface area contributed by atoms with E-state index in [1.165, 1.54) is 0 Å². The van der Waals surface area contributed by atoms with Gasteiger partial charge in [-0.15, -0.1) is 0 Å². The van der Waals surface area contributed by atoms with Crippen molar-refractivity contribution < 1.29 is 4.74 Å². The van der Waals surface area contributed by atoms with Crippen LogP contribution in [0.1, 0.15) is 18.3 Å². The number of hydrogen-bond acceptors (Lipinski definition) is 5. The van der Waals surface area contributed by atoms with Crippen LogP contribution in [-0.2, 0) is 6.54 Å². The Balaban J connectivity index is 2.21. The van der Waals surface area contributed by atoms with Crippen LogP contribution >= 0.6 is 0 Å². The van der Waals surface area contributed by atoms with E-state index in [9.17, 15) is 0 Å². The summed E-state index contributed by atoms with van der Waals surface area (Å²) in [5.74, 6) is 3.40. The number of anilines is 2. The van der Waals surface area contributed by atoms with Gasteiger partial charge in [0.1, 0.15) is 23.2 Å². The molecule has 0 amide bonds. The van der Waals surface area contributed by atoms with Gasteiger partial charge in [-0.1, -0.05) is 18.2 Å². The molecule has 0 radical (unpaired) electrons. The Hall–Kier alpha value is -2.30. The SMILES string of the molecule is CCNc1cc(N(C)Cc2ccccc2OC)nc(C)n1. The van der Waals surface area contributed by atoms with Gasteiger partial charge in [-0.05, 0) is 19.9 Å². The highest BCUT2D eigenvalue weighted by Gasteiger charge is 2.09. The average Bonchev–Trinajstić information content (AvgIpc) is 2.47. The van der Waals surface area contributed by atoms with Crippen molar-refractivity contribution in [3.63, 3.8) is 0 Å². The number of nitrogens with zero attached hydrogens (tertiary/aromatic N) is 3. The number of hydrogen-bond donors (Lipinski definition) is 1. The topological polar surface area (TPSA) is 50.3 Å². The first-order chi connectivity index (χ1) is 10.1. The number of benzene rings is 1. The van der Waals surface area contributed by atoms with Gasteiger partial charge >= 0.3 is 0 Å². The minimum absolute atomic E-state index is 0.728. The molecule has 1 N–H and O–H groups in total. The molecule has 5 heteroatoms. The van der Waals surface area contributed by atoms with E-state index in [2.05, 4.69) is 33.2 Å². The number of aromatic nitrogens is 2. The minimum atomic E-state index is 0.728. The molecule has 0 aliphatic heterocycles. The van der Waals surface area contributed by atoms with Crippen LogP contribution in [0.25, 0.3) is 0 Å². The van der Waals surface area contributed by atoms with E-state index in [-0.39, 0.29) is 0 Å². The molecule has 0 unspecified atom stereocenters. The zero-order valence-corrected chi connectivity index (χ0v) is 13.1. The highest BCUT2D eigenvalue weighted by molar-refractivity contribution is 5.50. The van der Waals surface area contributed by atoms with Gasteiger partial charge in [-0.25, -0.2) is 9.97 Å². The third-order valence-corrected chi connectivity index (χ3v) is 3.17. The van der Waals surface area contributed by atoms with E-state index < -0.39 is 0 Å². The van der Waals surface area contributed by atoms with E-state index in [0.717, 1.165) is 41.9 Å². The fourth-order valence-electron chi connectivity index (χ4n) is 2.19. The van der Waals surface area contributed by atoms with Crippen LogP contribution in [0.2, 0.25) is 0 Å². The van der Waals surface area contributed by atoms with Crippen molar-refractivity contribution in [2.24, 2.45) is 0 Å². The molecule has 1 aromatic heterocycles. The van der Waals surface area contributed by atoms with E-state index in [4.69, 9.17) is 4.74 Å². The van der Waals surface area contributed by atoms with Crippen molar-refractivity contribution in [3.05, 3.63) is 41.7 Å². The van der Waals surface area contributed by atoms with Crippen molar-refractivity contribution >= 4 is 11.6 Å². The van der Waals surface area contributed by atoms with Crippen LogP contribution in [-0.4, -0.2) is 30.7 Å². The van der Waals surface area contributed by atoms with Crippen LogP contribution in [0, 0.1) is 6.92 Å². The molecule has 0 atom stereocenters. The number of rotatable bonds is 6. The van der Waals surface area contributed by atoms with Crippen LogP contribution in [0.4, 0.5) is 11.6 Å². The smallest absolute Gasteiger partial charge is 0.134 e. The monoisotopic (exact) mass is 286 g/mol. The number of aryl methyl sites for hydroxylation is 1. The lowest BCUT2D eigenvalue weighted by atomic mass is 10.2. The summed E-state index contributed by atoms with van der Waals surface area (Å²) in [4.78, 5) is 11.0. The lowest BCUT2D eigenvalue weighted by Crippen LogP contribution is -2.19. The summed E-state index contributed by atoms with van der Waals surface area (Å²) < 4.78 is 5.40. The molecule has 0 spiro atoms. The number of methoxy groups -OCH3 is 1. The summed E-state index contributed by atoms with van der Waals surface area (Å²) in [6, 6.07) is 9.99. The van der Waals surface area contributed by atoms with Gasteiger partial charge in [-0.3, -0.25) is 0 Å². The highest BCUT2D eigenvalue weighted by Crippen LogP contribution is 2.22. The Labute approximate surface area is 126 Å². The summed E-state index contributed by atoms with van der Waals surface area (Å²) in [6.07, 6.45) is 0. The second kappa shape index (κ2) is 6.92. The molecule has 2 rings (SSSR count). The van der Waals surface area contributed by atoms with Gasteiger partial charge in [0.2, 0.25) is 0 Å². The lowest BCUT2D eigenvalue weighted by molar-refractivity contribution is 0.409.